The molecule has 0 aliphatic carbocycles. The average molecular weight is 327 g/mol. The Balaban J connectivity index is 3.21. The summed E-state index contributed by atoms with van der Waals surface area (Å²) in [6.07, 6.45) is 18.0. The number of rotatable bonds is 16. The number of hydrogen-bond donors (Lipinski definition) is 0. The van der Waals surface area contributed by atoms with E-state index in [1.807, 2.05) is 0 Å². The minimum atomic E-state index is -0.0666. The first-order valence-corrected chi connectivity index (χ1v) is 10.1. The molecule has 0 bridgehead atoms. The van der Waals surface area contributed by atoms with Crippen molar-refractivity contribution in [2.24, 2.45) is 11.8 Å². The fraction of sp³-hybridized carbons (Fsp3) is 0.952. The maximum Gasteiger partial charge on any atom is 0.305 e. The summed E-state index contributed by atoms with van der Waals surface area (Å²) in [6.45, 7) is 7.06. The molecule has 1 atom stereocenters. The summed E-state index contributed by atoms with van der Waals surface area (Å²) in [5, 5.41) is 0. The monoisotopic (exact) mass is 326 g/mol. The Labute approximate surface area is 145 Å². The van der Waals surface area contributed by atoms with E-state index in [1.165, 1.54) is 84.2 Å². The van der Waals surface area contributed by atoms with Gasteiger partial charge in [0.1, 0.15) is 0 Å². The van der Waals surface area contributed by atoms with Crippen LogP contribution >= 0.6 is 0 Å². The van der Waals surface area contributed by atoms with Crippen molar-refractivity contribution in [3.05, 3.63) is 0 Å². The minimum absolute atomic E-state index is 0.0666. The molecule has 1 unspecified atom stereocenters. The Hall–Kier alpha value is -0.530. The van der Waals surface area contributed by atoms with Gasteiger partial charge in [-0.05, 0) is 18.3 Å². The number of hydrogen-bond acceptors (Lipinski definition) is 2. The van der Waals surface area contributed by atoms with E-state index in [0.29, 0.717) is 6.42 Å². The van der Waals surface area contributed by atoms with Crippen molar-refractivity contribution >= 4 is 5.97 Å². The molecule has 0 spiro atoms. The number of unbranched alkanes of at least 4 members (excludes halogenated alkanes) is 8. The molecule has 0 fully saturated rings. The zero-order chi connectivity index (χ0) is 17.3. The normalized spacial score (nSPS) is 12.6. The molecule has 2 nitrogen and oxygen atoms in total. The lowest BCUT2D eigenvalue weighted by molar-refractivity contribution is -0.140. The Morgan fingerprint density at radius 2 is 1.13 bits per heavy atom. The van der Waals surface area contributed by atoms with E-state index in [-0.39, 0.29) is 5.97 Å². The summed E-state index contributed by atoms with van der Waals surface area (Å²) in [5.41, 5.74) is 0. The highest BCUT2D eigenvalue weighted by atomic mass is 16.5. The van der Waals surface area contributed by atoms with Gasteiger partial charge in [-0.1, -0.05) is 97.8 Å². The van der Waals surface area contributed by atoms with E-state index in [0.717, 1.165) is 18.3 Å². The standard InChI is InChI=1S/C21H42O2/c1-19(2)15-11-9-10-13-17-20(3)16-12-7-5-6-8-14-18-21(22)23-4/h19-20H,5-18H2,1-4H3. The number of carbonyl (C=O) groups is 1. The largest absolute Gasteiger partial charge is 0.469 e. The lowest BCUT2D eigenvalue weighted by atomic mass is 9.95. The molecule has 0 saturated carbocycles. The van der Waals surface area contributed by atoms with E-state index in [9.17, 15) is 4.79 Å². The molecule has 0 rings (SSSR count). The third kappa shape index (κ3) is 17.7. The second-order valence-corrected chi connectivity index (χ2v) is 7.73. The fourth-order valence-corrected chi connectivity index (χ4v) is 3.11. The highest BCUT2D eigenvalue weighted by Crippen LogP contribution is 2.19. The summed E-state index contributed by atoms with van der Waals surface area (Å²) >= 11 is 0. The van der Waals surface area contributed by atoms with Crippen LogP contribution in [0.1, 0.15) is 111 Å². The quantitative estimate of drug-likeness (QED) is 0.227. The van der Waals surface area contributed by atoms with Gasteiger partial charge in [-0.2, -0.15) is 0 Å². The smallest absolute Gasteiger partial charge is 0.305 e. The van der Waals surface area contributed by atoms with Crippen molar-refractivity contribution in [2.75, 3.05) is 7.11 Å². The first-order chi connectivity index (χ1) is 11.1. The molecule has 0 aliphatic heterocycles. The summed E-state index contributed by atoms with van der Waals surface area (Å²) in [7, 11) is 1.47. The molecule has 0 aromatic rings. The lowest BCUT2D eigenvalue weighted by Gasteiger charge is -2.11. The molecular formula is C21H42O2. The second-order valence-electron chi connectivity index (χ2n) is 7.73. The van der Waals surface area contributed by atoms with Crippen molar-refractivity contribution in [1.82, 2.24) is 0 Å². The van der Waals surface area contributed by atoms with E-state index < -0.39 is 0 Å². The van der Waals surface area contributed by atoms with Crippen LogP contribution in [0.4, 0.5) is 0 Å². The molecule has 23 heavy (non-hydrogen) atoms. The van der Waals surface area contributed by atoms with Crippen LogP contribution in [-0.4, -0.2) is 13.1 Å². The highest BCUT2D eigenvalue weighted by Gasteiger charge is 2.03. The van der Waals surface area contributed by atoms with Gasteiger partial charge in [-0.15, -0.1) is 0 Å². The molecule has 0 aliphatic rings. The molecule has 0 heterocycles. The number of ether oxygens (including phenoxy) is 1. The van der Waals surface area contributed by atoms with Crippen LogP contribution in [0.5, 0.6) is 0 Å². The van der Waals surface area contributed by atoms with E-state index >= 15 is 0 Å². The van der Waals surface area contributed by atoms with Crippen LogP contribution < -0.4 is 0 Å². The predicted octanol–water partition coefficient (Wildman–Crippen LogP) is 6.91. The summed E-state index contributed by atoms with van der Waals surface area (Å²) < 4.78 is 4.65. The number of esters is 1. The molecule has 0 amide bonds. The van der Waals surface area contributed by atoms with E-state index in [1.54, 1.807) is 0 Å². The van der Waals surface area contributed by atoms with Gasteiger partial charge in [0.25, 0.3) is 0 Å². The number of carbonyl (C=O) groups excluding carboxylic acids is 1. The van der Waals surface area contributed by atoms with Crippen LogP contribution in [-0.2, 0) is 9.53 Å². The third-order valence-electron chi connectivity index (χ3n) is 4.78. The third-order valence-corrected chi connectivity index (χ3v) is 4.78. The van der Waals surface area contributed by atoms with Gasteiger partial charge < -0.3 is 4.74 Å². The van der Waals surface area contributed by atoms with Crippen LogP contribution in [0.3, 0.4) is 0 Å². The Bertz CT molecular complexity index is 261. The van der Waals surface area contributed by atoms with E-state index in [4.69, 9.17) is 0 Å². The Morgan fingerprint density at radius 3 is 1.61 bits per heavy atom. The lowest BCUT2D eigenvalue weighted by Crippen LogP contribution is -1.99. The molecular weight excluding hydrogens is 284 g/mol. The van der Waals surface area contributed by atoms with Gasteiger partial charge in [-0.25, -0.2) is 0 Å². The van der Waals surface area contributed by atoms with Gasteiger partial charge >= 0.3 is 5.97 Å². The topological polar surface area (TPSA) is 26.3 Å². The van der Waals surface area contributed by atoms with Gasteiger partial charge in [0.05, 0.1) is 7.11 Å². The van der Waals surface area contributed by atoms with Crippen LogP contribution in [0, 0.1) is 11.8 Å². The second kappa shape index (κ2) is 16.3. The first kappa shape index (κ1) is 22.5. The van der Waals surface area contributed by atoms with Crippen molar-refractivity contribution < 1.29 is 9.53 Å². The summed E-state index contributed by atoms with van der Waals surface area (Å²) in [4.78, 5) is 11.0. The molecule has 0 radical (unpaired) electrons. The zero-order valence-corrected chi connectivity index (χ0v) is 16.4. The van der Waals surface area contributed by atoms with Crippen molar-refractivity contribution in [1.29, 1.82) is 0 Å². The van der Waals surface area contributed by atoms with Gasteiger partial charge in [-0.3, -0.25) is 4.79 Å². The van der Waals surface area contributed by atoms with Crippen molar-refractivity contribution in [3.63, 3.8) is 0 Å². The number of methoxy groups -OCH3 is 1. The van der Waals surface area contributed by atoms with Crippen LogP contribution in [0.15, 0.2) is 0 Å². The Kier molecular flexibility index (Phi) is 16.0. The SMILES string of the molecule is COC(=O)CCCCCCCCC(C)CCCCCCC(C)C. The van der Waals surface area contributed by atoms with Gasteiger partial charge in [0.15, 0.2) is 0 Å². The Morgan fingerprint density at radius 1 is 0.696 bits per heavy atom. The summed E-state index contributed by atoms with van der Waals surface area (Å²) in [6, 6.07) is 0. The first-order valence-electron chi connectivity index (χ1n) is 10.1. The minimum Gasteiger partial charge on any atom is -0.469 e. The highest BCUT2D eigenvalue weighted by molar-refractivity contribution is 5.68. The zero-order valence-electron chi connectivity index (χ0n) is 16.4. The van der Waals surface area contributed by atoms with E-state index in [2.05, 4.69) is 25.5 Å². The molecule has 0 saturated heterocycles. The average Bonchev–Trinajstić information content (AvgIpc) is 2.52. The maximum absolute atomic E-state index is 11.0. The van der Waals surface area contributed by atoms with Crippen molar-refractivity contribution in [3.8, 4) is 0 Å². The molecule has 0 N–H and O–H groups in total. The van der Waals surface area contributed by atoms with Crippen molar-refractivity contribution in [2.45, 2.75) is 111 Å². The predicted molar refractivity (Wildman–Crippen MR) is 101 cm³/mol. The fourth-order valence-electron chi connectivity index (χ4n) is 3.11. The van der Waals surface area contributed by atoms with Crippen LogP contribution in [0.2, 0.25) is 0 Å². The molecule has 0 aromatic carbocycles. The molecule has 138 valence electrons. The maximum atomic E-state index is 11.0. The summed E-state index contributed by atoms with van der Waals surface area (Å²) in [5.74, 6) is 1.71. The van der Waals surface area contributed by atoms with Crippen LogP contribution in [0.25, 0.3) is 0 Å². The molecule has 2 heteroatoms. The van der Waals surface area contributed by atoms with Gasteiger partial charge in [0.2, 0.25) is 0 Å². The molecule has 0 aromatic heterocycles. The van der Waals surface area contributed by atoms with Gasteiger partial charge in [0, 0.05) is 6.42 Å².